The molecule has 0 radical (unpaired) electrons. The molecule has 1 unspecified atom stereocenters. The minimum atomic E-state index is -0.175. The molecule has 5 heteroatoms. The average molecular weight is 212 g/mol. The molecule has 0 spiro atoms. The van der Waals surface area contributed by atoms with Gasteiger partial charge in [0.15, 0.2) is 5.62 Å². The van der Waals surface area contributed by atoms with Gasteiger partial charge in [0.1, 0.15) is 4.61 Å². The highest BCUT2D eigenvalue weighted by atomic mass is 79.9. The third-order valence-electron chi connectivity index (χ3n) is 0.985. The number of halogens is 2. The Labute approximate surface area is 67.1 Å². The fourth-order valence-corrected chi connectivity index (χ4v) is 1.06. The molecule has 1 aliphatic rings. The Morgan fingerprint density at radius 1 is 1.89 bits per heavy atom. The maximum Gasteiger partial charge on any atom is 0.173 e. The van der Waals surface area contributed by atoms with E-state index in [1.807, 2.05) is 18.1 Å². The first-order valence-corrected chi connectivity index (χ1v) is 3.68. The van der Waals surface area contributed by atoms with Crippen LogP contribution in [-0.4, -0.2) is 17.6 Å². The lowest BCUT2D eigenvalue weighted by Crippen LogP contribution is -2.47. The summed E-state index contributed by atoms with van der Waals surface area (Å²) in [6, 6.07) is 0. The van der Waals surface area contributed by atoms with Gasteiger partial charge in [0.05, 0.1) is 0 Å². The van der Waals surface area contributed by atoms with Crippen molar-refractivity contribution in [3.05, 3.63) is 10.8 Å². The van der Waals surface area contributed by atoms with Crippen molar-refractivity contribution in [2.24, 2.45) is 0 Å². The summed E-state index contributed by atoms with van der Waals surface area (Å²) >= 11 is 8.96. The quantitative estimate of drug-likeness (QED) is 0.458. The van der Waals surface area contributed by atoms with Gasteiger partial charge in [0.25, 0.3) is 0 Å². The molecule has 0 amide bonds. The normalized spacial score (nSPS) is 27.2. The third kappa shape index (κ3) is 1.74. The molecular formula is C4H7BrClN3. The van der Waals surface area contributed by atoms with E-state index in [0.29, 0.717) is 0 Å². The molecule has 1 aliphatic heterocycles. The maximum atomic E-state index is 5.72. The maximum absolute atomic E-state index is 5.72. The Kier molecular flexibility index (Phi) is 2.21. The molecule has 0 aliphatic carbocycles. The second kappa shape index (κ2) is 2.77. The van der Waals surface area contributed by atoms with Crippen molar-refractivity contribution in [1.82, 2.24) is 15.8 Å². The Bertz CT molecular complexity index is 138. The smallest absolute Gasteiger partial charge is 0.173 e. The van der Waals surface area contributed by atoms with Gasteiger partial charge < -0.3 is 10.3 Å². The van der Waals surface area contributed by atoms with Gasteiger partial charge in [-0.25, -0.2) is 5.43 Å². The molecule has 9 heavy (non-hydrogen) atoms. The highest BCUT2D eigenvalue weighted by Crippen LogP contribution is 2.09. The molecule has 1 rings (SSSR count). The van der Waals surface area contributed by atoms with Gasteiger partial charge >= 0.3 is 0 Å². The minimum absolute atomic E-state index is 0.175. The van der Waals surface area contributed by atoms with Crippen molar-refractivity contribution >= 4 is 27.5 Å². The van der Waals surface area contributed by atoms with Crippen LogP contribution in [0.5, 0.6) is 0 Å². The van der Waals surface area contributed by atoms with E-state index in [-0.39, 0.29) is 5.62 Å². The van der Waals surface area contributed by atoms with Gasteiger partial charge in [-0.3, -0.25) is 0 Å². The van der Waals surface area contributed by atoms with Gasteiger partial charge in [-0.05, 0) is 15.9 Å². The van der Waals surface area contributed by atoms with Crippen LogP contribution in [0, 0.1) is 0 Å². The van der Waals surface area contributed by atoms with E-state index in [4.69, 9.17) is 11.6 Å². The molecule has 1 atom stereocenters. The monoisotopic (exact) mass is 211 g/mol. The van der Waals surface area contributed by atoms with Crippen molar-refractivity contribution in [2.75, 3.05) is 7.05 Å². The van der Waals surface area contributed by atoms with Gasteiger partial charge in [0, 0.05) is 13.2 Å². The zero-order chi connectivity index (χ0) is 6.85. The summed E-state index contributed by atoms with van der Waals surface area (Å²) in [5.41, 5.74) is 5.45. The van der Waals surface area contributed by atoms with Gasteiger partial charge in [0.2, 0.25) is 0 Å². The highest BCUT2D eigenvalue weighted by molar-refractivity contribution is 9.11. The lowest BCUT2D eigenvalue weighted by atomic mass is 10.7. The topological polar surface area (TPSA) is 27.3 Å². The Hall–Kier alpha value is 0.0700. The summed E-state index contributed by atoms with van der Waals surface area (Å²) in [5, 5.41) is 0. The minimum Gasteiger partial charge on any atom is -0.349 e. The van der Waals surface area contributed by atoms with Gasteiger partial charge in [-0.1, -0.05) is 11.6 Å². The van der Waals surface area contributed by atoms with Crippen LogP contribution < -0.4 is 10.9 Å². The Morgan fingerprint density at radius 3 is 3.00 bits per heavy atom. The van der Waals surface area contributed by atoms with Crippen LogP contribution in [0.4, 0.5) is 0 Å². The van der Waals surface area contributed by atoms with Crippen LogP contribution in [0.3, 0.4) is 0 Å². The standard InChI is InChI=1S/C4H7BrClN3/c1-9-2-3(5)7-8-4(9)6/h2,4,7-8H,1H3. The number of hydrazine groups is 1. The van der Waals surface area contributed by atoms with Gasteiger partial charge in [-0.15, -0.1) is 0 Å². The second-order valence-corrected chi connectivity index (χ2v) is 3.02. The van der Waals surface area contributed by atoms with E-state index in [0.717, 1.165) is 4.61 Å². The van der Waals surface area contributed by atoms with E-state index in [9.17, 15) is 0 Å². The average Bonchev–Trinajstić information content (AvgIpc) is 1.80. The fraction of sp³-hybridized carbons (Fsp3) is 0.500. The molecule has 0 saturated heterocycles. The third-order valence-corrected chi connectivity index (χ3v) is 1.81. The molecule has 0 saturated carbocycles. The van der Waals surface area contributed by atoms with Crippen LogP contribution in [0.2, 0.25) is 0 Å². The first kappa shape index (κ1) is 7.18. The molecule has 0 bridgehead atoms. The number of rotatable bonds is 0. The number of hydrogen-bond acceptors (Lipinski definition) is 3. The van der Waals surface area contributed by atoms with Gasteiger partial charge in [-0.2, -0.15) is 0 Å². The SMILES string of the molecule is CN1C=C(Br)NNC1Cl. The van der Waals surface area contributed by atoms with Crippen molar-refractivity contribution < 1.29 is 0 Å². The molecule has 0 aromatic heterocycles. The Morgan fingerprint density at radius 2 is 2.56 bits per heavy atom. The second-order valence-electron chi connectivity index (χ2n) is 1.75. The van der Waals surface area contributed by atoms with E-state index in [1.54, 1.807) is 0 Å². The first-order valence-electron chi connectivity index (χ1n) is 2.45. The lowest BCUT2D eigenvalue weighted by molar-refractivity contribution is 0.318. The van der Waals surface area contributed by atoms with Crippen molar-refractivity contribution in [1.29, 1.82) is 0 Å². The van der Waals surface area contributed by atoms with Crippen molar-refractivity contribution in [3.63, 3.8) is 0 Å². The summed E-state index contributed by atoms with van der Waals surface area (Å²) in [6.45, 7) is 0. The van der Waals surface area contributed by atoms with E-state index >= 15 is 0 Å². The lowest BCUT2D eigenvalue weighted by Gasteiger charge is -2.27. The summed E-state index contributed by atoms with van der Waals surface area (Å²) in [5.74, 6) is 0. The summed E-state index contributed by atoms with van der Waals surface area (Å²) in [4.78, 5) is 1.84. The van der Waals surface area contributed by atoms with Crippen LogP contribution in [0.15, 0.2) is 10.8 Å². The summed E-state index contributed by atoms with van der Waals surface area (Å²) in [6.07, 6.45) is 1.86. The molecule has 52 valence electrons. The highest BCUT2D eigenvalue weighted by Gasteiger charge is 2.11. The van der Waals surface area contributed by atoms with E-state index < -0.39 is 0 Å². The van der Waals surface area contributed by atoms with E-state index in [2.05, 4.69) is 26.8 Å². The first-order chi connectivity index (χ1) is 4.20. The predicted octanol–water partition coefficient (Wildman–Crippen LogP) is 0.742. The number of nitrogens with one attached hydrogen (secondary N) is 2. The van der Waals surface area contributed by atoms with Crippen molar-refractivity contribution in [2.45, 2.75) is 5.62 Å². The molecule has 3 nitrogen and oxygen atoms in total. The van der Waals surface area contributed by atoms with Crippen LogP contribution in [-0.2, 0) is 0 Å². The van der Waals surface area contributed by atoms with E-state index in [1.165, 1.54) is 0 Å². The number of nitrogens with zero attached hydrogens (tertiary/aromatic N) is 1. The molecule has 0 aromatic carbocycles. The Balaban J connectivity index is 2.58. The molecule has 1 heterocycles. The largest absolute Gasteiger partial charge is 0.349 e. The van der Waals surface area contributed by atoms with Crippen LogP contribution >= 0.6 is 27.5 Å². The summed E-state index contributed by atoms with van der Waals surface area (Å²) < 4.78 is 0.877. The number of hydrogen-bond donors (Lipinski definition) is 2. The molecule has 2 N–H and O–H groups in total. The zero-order valence-corrected chi connectivity index (χ0v) is 7.20. The fourth-order valence-electron chi connectivity index (χ4n) is 0.507. The van der Waals surface area contributed by atoms with Crippen LogP contribution in [0.1, 0.15) is 0 Å². The predicted molar refractivity (Wildman–Crippen MR) is 40.7 cm³/mol. The molecule has 0 aromatic rings. The number of alkyl halides is 1. The molecule has 0 fully saturated rings. The van der Waals surface area contributed by atoms with Crippen molar-refractivity contribution in [3.8, 4) is 0 Å². The zero-order valence-electron chi connectivity index (χ0n) is 4.86. The summed E-state index contributed by atoms with van der Waals surface area (Å²) in [7, 11) is 1.88. The molecular weight excluding hydrogens is 205 g/mol. The van der Waals surface area contributed by atoms with Crippen LogP contribution in [0.25, 0.3) is 0 Å².